The van der Waals surface area contributed by atoms with Crippen molar-refractivity contribution < 1.29 is 39.5 Å². The quantitative estimate of drug-likeness (QED) is 0.0628. The van der Waals surface area contributed by atoms with Gasteiger partial charge in [-0.25, -0.2) is 4.79 Å². The number of ether oxygens (including phenoxy) is 1. The van der Waals surface area contributed by atoms with Crippen molar-refractivity contribution in [2.24, 2.45) is 5.92 Å². The first-order valence-corrected chi connectivity index (χ1v) is 16.3. The molecule has 0 aliphatic rings. The predicted molar refractivity (Wildman–Crippen MR) is 172 cm³/mol. The molecule has 0 spiro atoms. The summed E-state index contributed by atoms with van der Waals surface area (Å²) in [7, 11) is 0. The summed E-state index contributed by atoms with van der Waals surface area (Å²) in [6, 6.07) is 5.64. The number of rotatable bonds is 23. The molecule has 5 N–H and O–H groups in total. The number of hydrogen-bond donors (Lipinski definition) is 5. The number of phenols is 1. The van der Waals surface area contributed by atoms with Crippen LogP contribution in [0, 0.1) is 5.92 Å². The third-order valence-corrected chi connectivity index (χ3v) is 7.49. The molecule has 9 nitrogen and oxygen atoms in total. The first-order valence-electron chi connectivity index (χ1n) is 16.3. The van der Waals surface area contributed by atoms with Crippen LogP contribution in [0.1, 0.15) is 117 Å². The molecular weight excluding hydrogens is 562 g/mol. The summed E-state index contributed by atoms with van der Waals surface area (Å²) < 4.78 is 5.44. The van der Waals surface area contributed by atoms with Gasteiger partial charge in [0.15, 0.2) is 5.60 Å². The smallest absolute Gasteiger partial charge is 0.339 e. The summed E-state index contributed by atoms with van der Waals surface area (Å²) in [5, 5.41) is 43.5. The summed E-state index contributed by atoms with van der Waals surface area (Å²) >= 11 is 0. The van der Waals surface area contributed by atoms with Crippen LogP contribution < -0.4 is 5.32 Å². The van der Waals surface area contributed by atoms with E-state index in [-0.39, 0.29) is 12.2 Å². The fourth-order valence-electron chi connectivity index (χ4n) is 4.97. The molecule has 1 aromatic rings. The van der Waals surface area contributed by atoms with Crippen molar-refractivity contribution >= 4 is 17.7 Å². The zero-order chi connectivity index (χ0) is 33.0. The number of aromatic hydroxyl groups is 1. The zero-order valence-corrected chi connectivity index (χ0v) is 27.4. The van der Waals surface area contributed by atoms with Gasteiger partial charge >= 0.3 is 5.97 Å². The number of benzene rings is 1. The minimum atomic E-state index is -2.34. The van der Waals surface area contributed by atoms with Crippen molar-refractivity contribution in [3.8, 4) is 5.75 Å². The first-order chi connectivity index (χ1) is 20.9. The van der Waals surface area contributed by atoms with Crippen LogP contribution in [0.2, 0.25) is 0 Å². The number of phenolic OH excluding ortho intramolecular Hbond substituents is 1. The summed E-state index contributed by atoms with van der Waals surface area (Å²) in [6.07, 6.45) is 14.1. The second-order valence-corrected chi connectivity index (χ2v) is 12.7. The van der Waals surface area contributed by atoms with E-state index in [1.54, 1.807) is 39.0 Å². The van der Waals surface area contributed by atoms with Gasteiger partial charge in [-0.3, -0.25) is 9.59 Å². The van der Waals surface area contributed by atoms with E-state index in [4.69, 9.17) is 4.74 Å². The molecule has 1 aromatic carbocycles. The number of unbranched alkanes of at least 4 members (excludes halogenated alkanes) is 8. The van der Waals surface area contributed by atoms with Crippen LogP contribution in [0.15, 0.2) is 36.4 Å². The van der Waals surface area contributed by atoms with Crippen LogP contribution in [0.25, 0.3) is 0 Å². The van der Waals surface area contributed by atoms with Gasteiger partial charge in [0.05, 0.1) is 18.6 Å². The molecule has 0 aliphatic carbocycles. The molecule has 0 aromatic heterocycles. The van der Waals surface area contributed by atoms with Crippen LogP contribution in [0.3, 0.4) is 0 Å². The molecule has 0 unspecified atom stereocenters. The van der Waals surface area contributed by atoms with Gasteiger partial charge in [0.1, 0.15) is 17.1 Å². The maximum absolute atomic E-state index is 13.5. The standard InChI is InChI=1S/C35H57NO8/c1-5-6-7-10-13-16-29(39)17-14-11-8-9-12-15-18-31(35(43,23-24-37)33(42)44-34(2,3)4)32(41)36-28(26-38)25-27-19-21-30(40)22-20-27/h15,18-22,28,31,37-38,40,43H,5-14,16-17,23-26H2,1-4H3,(H,36,41)/b18-15+/t28-,31+,35-/m0/s1. The Labute approximate surface area is 264 Å². The molecule has 0 saturated heterocycles. The number of esters is 1. The second kappa shape index (κ2) is 21.1. The highest BCUT2D eigenvalue weighted by molar-refractivity contribution is 5.91. The average Bonchev–Trinajstić information content (AvgIpc) is 2.96. The number of nitrogens with one attached hydrogen (secondary N) is 1. The lowest BCUT2D eigenvalue weighted by Crippen LogP contribution is -2.56. The van der Waals surface area contributed by atoms with E-state index >= 15 is 0 Å². The van der Waals surface area contributed by atoms with Crippen molar-refractivity contribution in [1.82, 2.24) is 5.32 Å². The number of hydrogen-bond acceptors (Lipinski definition) is 8. The molecule has 0 saturated carbocycles. The second-order valence-electron chi connectivity index (χ2n) is 12.7. The third kappa shape index (κ3) is 15.8. The van der Waals surface area contributed by atoms with Crippen LogP contribution >= 0.6 is 0 Å². The molecule has 44 heavy (non-hydrogen) atoms. The molecule has 0 aliphatic heterocycles. The van der Waals surface area contributed by atoms with Gasteiger partial charge in [0.25, 0.3) is 0 Å². The monoisotopic (exact) mass is 619 g/mol. The van der Waals surface area contributed by atoms with Gasteiger partial charge in [0.2, 0.25) is 5.91 Å². The SMILES string of the molecule is CCCCCCCC(=O)CCCCCC/C=C/[C@H](C(=O)N[C@H](CO)Cc1ccc(O)cc1)[C@@](O)(CCO)C(=O)OC(C)(C)C. The van der Waals surface area contributed by atoms with Crippen molar-refractivity contribution in [1.29, 1.82) is 0 Å². The molecule has 0 radical (unpaired) electrons. The van der Waals surface area contributed by atoms with E-state index in [2.05, 4.69) is 12.2 Å². The minimum Gasteiger partial charge on any atom is -0.508 e. The Bertz CT molecular complexity index is 1000. The number of aliphatic hydroxyl groups is 3. The van der Waals surface area contributed by atoms with E-state index in [9.17, 15) is 34.8 Å². The summed E-state index contributed by atoms with van der Waals surface area (Å²) in [6.45, 7) is 6.17. The Balaban J connectivity index is 2.85. The Hall–Kier alpha value is -2.75. The van der Waals surface area contributed by atoms with Crippen LogP contribution in [-0.4, -0.2) is 68.5 Å². The highest BCUT2D eigenvalue weighted by Crippen LogP contribution is 2.28. The van der Waals surface area contributed by atoms with Crippen molar-refractivity contribution in [3.05, 3.63) is 42.0 Å². The topological polar surface area (TPSA) is 153 Å². The van der Waals surface area contributed by atoms with Crippen molar-refractivity contribution in [2.45, 2.75) is 135 Å². The lowest BCUT2D eigenvalue weighted by atomic mass is 9.82. The highest BCUT2D eigenvalue weighted by atomic mass is 16.6. The Morgan fingerprint density at radius 2 is 1.50 bits per heavy atom. The summed E-state index contributed by atoms with van der Waals surface area (Å²) in [4.78, 5) is 38.8. The Kier molecular flexibility index (Phi) is 18.8. The number of carbonyl (C=O) groups excluding carboxylic acids is 3. The van der Waals surface area contributed by atoms with Crippen LogP contribution in [0.5, 0.6) is 5.75 Å². The number of aliphatic hydroxyl groups excluding tert-OH is 2. The minimum absolute atomic E-state index is 0.0941. The van der Waals surface area contributed by atoms with Gasteiger partial charge in [-0.2, -0.15) is 0 Å². The number of carbonyl (C=O) groups is 3. The molecule has 0 fully saturated rings. The molecule has 3 atom stereocenters. The summed E-state index contributed by atoms with van der Waals surface area (Å²) in [5.74, 6) is -2.66. The maximum atomic E-state index is 13.5. The summed E-state index contributed by atoms with van der Waals surface area (Å²) in [5.41, 5.74) is -2.51. The van der Waals surface area contributed by atoms with Gasteiger partial charge < -0.3 is 30.5 Å². The fraction of sp³-hybridized carbons (Fsp3) is 0.686. The lowest BCUT2D eigenvalue weighted by Gasteiger charge is -2.34. The predicted octanol–water partition coefficient (Wildman–Crippen LogP) is 5.31. The lowest BCUT2D eigenvalue weighted by molar-refractivity contribution is -0.185. The van der Waals surface area contributed by atoms with E-state index in [1.807, 2.05) is 0 Å². The Morgan fingerprint density at radius 3 is 2.05 bits per heavy atom. The van der Waals surface area contributed by atoms with Gasteiger partial charge in [-0.1, -0.05) is 69.7 Å². The van der Waals surface area contributed by atoms with Gasteiger partial charge in [-0.15, -0.1) is 0 Å². The average molecular weight is 620 g/mol. The number of Topliss-reactive ketones (excluding diaryl/α,β-unsaturated/α-hetero) is 1. The molecule has 1 rings (SSSR count). The molecular formula is C35H57NO8. The van der Waals surface area contributed by atoms with E-state index in [0.717, 1.165) is 44.1 Å². The van der Waals surface area contributed by atoms with Crippen LogP contribution in [-0.2, 0) is 25.5 Å². The Morgan fingerprint density at radius 1 is 0.909 bits per heavy atom. The third-order valence-electron chi connectivity index (χ3n) is 7.49. The largest absolute Gasteiger partial charge is 0.508 e. The zero-order valence-electron chi connectivity index (χ0n) is 27.4. The molecule has 9 heteroatoms. The highest BCUT2D eigenvalue weighted by Gasteiger charge is 2.48. The maximum Gasteiger partial charge on any atom is 0.339 e. The molecule has 0 heterocycles. The molecule has 1 amide bonds. The van der Waals surface area contributed by atoms with Gasteiger partial charge in [-0.05, 0) is 70.6 Å². The first kappa shape index (κ1) is 39.3. The van der Waals surface area contributed by atoms with Crippen molar-refractivity contribution in [3.63, 3.8) is 0 Å². The fourth-order valence-corrected chi connectivity index (χ4v) is 4.97. The van der Waals surface area contributed by atoms with E-state index in [1.165, 1.54) is 37.5 Å². The molecule has 0 bridgehead atoms. The molecule has 250 valence electrons. The normalized spacial score (nSPS) is 14.6. The number of ketones is 1. The van der Waals surface area contributed by atoms with E-state index in [0.29, 0.717) is 25.0 Å². The van der Waals surface area contributed by atoms with Crippen LogP contribution in [0.4, 0.5) is 0 Å². The van der Waals surface area contributed by atoms with Crippen molar-refractivity contribution in [2.75, 3.05) is 13.2 Å². The number of amides is 1. The van der Waals surface area contributed by atoms with Gasteiger partial charge in [0, 0.05) is 25.9 Å². The number of allylic oxidation sites excluding steroid dienone is 1. The van der Waals surface area contributed by atoms with E-state index < -0.39 is 54.7 Å².